The number of benzene rings is 1. The van der Waals surface area contributed by atoms with Crippen LogP contribution in [0.1, 0.15) is 4.88 Å². The van der Waals surface area contributed by atoms with Crippen LogP contribution in [-0.2, 0) is 0 Å². The lowest BCUT2D eigenvalue weighted by atomic mass is 10.3. The number of nitrogens with zero attached hydrogens (tertiary/aromatic N) is 2. The second-order valence-corrected chi connectivity index (χ2v) is 6.08. The molecule has 0 aliphatic rings. The van der Waals surface area contributed by atoms with Gasteiger partial charge < -0.3 is 10.5 Å². The highest BCUT2D eigenvalue weighted by Crippen LogP contribution is 2.35. The zero-order valence-corrected chi connectivity index (χ0v) is 12.5. The van der Waals surface area contributed by atoms with Crippen molar-refractivity contribution < 1.29 is 4.74 Å². The van der Waals surface area contributed by atoms with Crippen molar-refractivity contribution in [2.45, 2.75) is 6.92 Å². The number of aryl methyl sites for hydroxylation is 1. The molecule has 0 atom stereocenters. The molecule has 0 aliphatic carbocycles. The largest absolute Gasteiger partial charge is 0.437 e. The molecule has 3 aromatic rings. The lowest BCUT2D eigenvalue weighted by Gasteiger charge is -2.07. The summed E-state index contributed by atoms with van der Waals surface area (Å²) in [4.78, 5) is 10.4. The Morgan fingerprint density at radius 2 is 2.05 bits per heavy atom. The van der Waals surface area contributed by atoms with E-state index in [1.165, 1.54) is 0 Å². The lowest BCUT2D eigenvalue weighted by molar-refractivity contribution is 0.466. The van der Waals surface area contributed by atoms with Gasteiger partial charge in [-0.3, -0.25) is 0 Å². The van der Waals surface area contributed by atoms with Gasteiger partial charge in [0.15, 0.2) is 0 Å². The van der Waals surface area contributed by atoms with Gasteiger partial charge in [-0.15, -0.1) is 11.3 Å². The molecule has 19 heavy (non-hydrogen) atoms. The number of hydrogen-bond acceptors (Lipinski definition) is 5. The van der Waals surface area contributed by atoms with E-state index in [4.69, 9.17) is 10.5 Å². The number of para-hydroxylation sites is 1. The number of anilines is 1. The van der Waals surface area contributed by atoms with Crippen molar-refractivity contribution >= 4 is 43.4 Å². The maximum absolute atomic E-state index is 5.85. The number of nitrogen functional groups attached to an aromatic ring is 1. The Labute approximate surface area is 122 Å². The molecule has 0 spiro atoms. The molecule has 0 bridgehead atoms. The predicted octanol–water partition coefficient (Wildman–Crippen LogP) is 4.14. The van der Waals surface area contributed by atoms with E-state index in [-0.39, 0.29) is 5.95 Å². The summed E-state index contributed by atoms with van der Waals surface area (Å²) in [6.07, 6.45) is 0. The minimum Gasteiger partial charge on any atom is -0.437 e. The fourth-order valence-corrected chi connectivity index (χ4v) is 2.98. The molecule has 0 aliphatic heterocycles. The van der Waals surface area contributed by atoms with Gasteiger partial charge in [0.1, 0.15) is 10.6 Å². The van der Waals surface area contributed by atoms with Crippen molar-refractivity contribution in [2.75, 3.05) is 5.73 Å². The van der Waals surface area contributed by atoms with Gasteiger partial charge >= 0.3 is 0 Å². The Kier molecular flexibility index (Phi) is 3.12. The van der Waals surface area contributed by atoms with Gasteiger partial charge in [-0.2, -0.15) is 4.98 Å². The molecule has 3 rings (SSSR count). The number of fused-ring (bicyclic) bond motifs is 1. The summed E-state index contributed by atoms with van der Waals surface area (Å²) < 4.78 is 6.71. The van der Waals surface area contributed by atoms with Crippen molar-refractivity contribution in [3.05, 3.63) is 39.7 Å². The third-order valence-corrected chi connectivity index (χ3v) is 4.14. The maximum Gasteiger partial charge on any atom is 0.232 e. The van der Waals surface area contributed by atoms with E-state index >= 15 is 0 Å². The fourth-order valence-electron chi connectivity index (χ4n) is 1.74. The number of rotatable bonds is 2. The molecule has 0 amide bonds. The smallest absolute Gasteiger partial charge is 0.232 e. The summed E-state index contributed by atoms with van der Waals surface area (Å²) in [7, 11) is 0. The Morgan fingerprint density at radius 3 is 2.84 bits per heavy atom. The first-order chi connectivity index (χ1) is 9.13. The quantitative estimate of drug-likeness (QED) is 0.764. The minimum absolute atomic E-state index is 0.219. The molecular formula is C13H10BrN3OS. The fraction of sp³-hybridized carbons (Fsp3) is 0.0769. The molecule has 2 heterocycles. The van der Waals surface area contributed by atoms with E-state index in [2.05, 4.69) is 25.9 Å². The monoisotopic (exact) mass is 335 g/mol. The van der Waals surface area contributed by atoms with Crippen molar-refractivity contribution in [1.82, 2.24) is 9.97 Å². The molecule has 0 fully saturated rings. The zero-order chi connectivity index (χ0) is 13.4. The first-order valence-electron chi connectivity index (χ1n) is 5.59. The van der Waals surface area contributed by atoms with Crippen LogP contribution in [0, 0.1) is 6.92 Å². The third-order valence-electron chi connectivity index (χ3n) is 2.54. The molecule has 0 saturated heterocycles. The third kappa shape index (κ3) is 2.41. The highest BCUT2D eigenvalue weighted by molar-refractivity contribution is 9.10. The molecule has 4 nitrogen and oxygen atoms in total. The van der Waals surface area contributed by atoms with Crippen molar-refractivity contribution in [3.8, 4) is 11.6 Å². The molecule has 0 radical (unpaired) electrons. The van der Waals surface area contributed by atoms with Crippen LogP contribution in [0.3, 0.4) is 0 Å². The van der Waals surface area contributed by atoms with Crippen LogP contribution >= 0.6 is 27.3 Å². The van der Waals surface area contributed by atoms with Crippen molar-refractivity contribution in [1.29, 1.82) is 0 Å². The molecule has 6 heteroatoms. The van der Waals surface area contributed by atoms with E-state index in [0.29, 0.717) is 11.6 Å². The van der Waals surface area contributed by atoms with Gasteiger partial charge in [0.05, 0.1) is 9.86 Å². The summed E-state index contributed by atoms with van der Waals surface area (Å²) in [6.45, 7) is 2.02. The highest BCUT2D eigenvalue weighted by Gasteiger charge is 2.12. The first-order valence-corrected chi connectivity index (χ1v) is 7.20. The van der Waals surface area contributed by atoms with Crippen LogP contribution in [0.15, 0.2) is 34.8 Å². The summed E-state index contributed by atoms with van der Waals surface area (Å²) in [6, 6.07) is 9.62. The number of nitrogens with two attached hydrogens (primary N) is 1. The normalized spacial score (nSPS) is 10.8. The summed E-state index contributed by atoms with van der Waals surface area (Å²) in [5, 5.41) is 0.882. The van der Waals surface area contributed by atoms with E-state index < -0.39 is 0 Å². The van der Waals surface area contributed by atoms with E-state index in [9.17, 15) is 0 Å². The average Bonchev–Trinajstić information content (AvgIpc) is 2.72. The number of thiophene rings is 1. The molecular weight excluding hydrogens is 326 g/mol. The maximum atomic E-state index is 5.85. The Morgan fingerprint density at radius 1 is 1.26 bits per heavy atom. The van der Waals surface area contributed by atoms with Gasteiger partial charge in [-0.1, -0.05) is 12.1 Å². The van der Waals surface area contributed by atoms with Crippen LogP contribution in [0.2, 0.25) is 0 Å². The zero-order valence-electron chi connectivity index (χ0n) is 10.1. The highest BCUT2D eigenvalue weighted by atomic mass is 79.9. The minimum atomic E-state index is 0.219. The van der Waals surface area contributed by atoms with Crippen LogP contribution < -0.4 is 10.5 Å². The number of aromatic nitrogens is 2. The Balaban J connectivity index is 2.12. The van der Waals surface area contributed by atoms with Crippen molar-refractivity contribution in [2.24, 2.45) is 0 Å². The van der Waals surface area contributed by atoms with Crippen molar-refractivity contribution in [3.63, 3.8) is 0 Å². The van der Waals surface area contributed by atoms with Gasteiger partial charge in [0, 0.05) is 4.88 Å². The second-order valence-electron chi connectivity index (χ2n) is 4.00. The number of ether oxygens (including phenoxy) is 1. The van der Waals surface area contributed by atoms with Gasteiger partial charge in [0.25, 0.3) is 0 Å². The Bertz CT molecular complexity index is 757. The molecule has 2 aromatic heterocycles. The molecule has 1 aromatic carbocycles. The Hall–Kier alpha value is -1.66. The standard InChI is InChI=1S/C13H10BrN3OS/c1-7-6-8-11(16-13(15)17-12(8)19-7)18-10-5-3-2-4-9(10)14/h2-6H,1H3,(H2,15,16,17). The second kappa shape index (κ2) is 4.79. The summed E-state index contributed by atoms with van der Waals surface area (Å²) in [5.41, 5.74) is 5.72. The SMILES string of the molecule is Cc1cc2c(Oc3ccccc3Br)nc(N)nc2s1. The van der Waals surface area contributed by atoms with Crippen LogP contribution in [0.5, 0.6) is 11.6 Å². The molecule has 2 N–H and O–H groups in total. The number of halogens is 1. The van der Waals surface area contributed by atoms with Gasteiger partial charge in [0.2, 0.25) is 11.8 Å². The lowest BCUT2D eigenvalue weighted by Crippen LogP contribution is -1.97. The predicted molar refractivity (Wildman–Crippen MR) is 80.8 cm³/mol. The summed E-state index contributed by atoms with van der Waals surface area (Å²) in [5.74, 6) is 1.40. The van der Waals surface area contributed by atoms with Crippen LogP contribution in [-0.4, -0.2) is 9.97 Å². The van der Waals surface area contributed by atoms with Gasteiger partial charge in [-0.25, -0.2) is 4.98 Å². The van der Waals surface area contributed by atoms with E-state index in [1.54, 1.807) is 11.3 Å². The van der Waals surface area contributed by atoms with E-state index in [1.807, 2.05) is 37.3 Å². The average molecular weight is 336 g/mol. The summed E-state index contributed by atoms with van der Waals surface area (Å²) >= 11 is 5.02. The first kappa shape index (κ1) is 12.4. The number of hydrogen-bond donors (Lipinski definition) is 1. The van der Waals surface area contributed by atoms with Crippen LogP contribution in [0.4, 0.5) is 5.95 Å². The van der Waals surface area contributed by atoms with Gasteiger partial charge in [-0.05, 0) is 41.1 Å². The molecule has 0 saturated carbocycles. The van der Waals surface area contributed by atoms with E-state index in [0.717, 1.165) is 19.6 Å². The van der Waals surface area contributed by atoms with Crippen LogP contribution in [0.25, 0.3) is 10.2 Å². The topological polar surface area (TPSA) is 61.0 Å². The molecule has 96 valence electrons. The molecule has 0 unspecified atom stereocenters.